The first-order chi connectivity index (χ1) is 10.1. The number of unbranched alkanes of at least 4 members (excludes halogenated alkanes) is 1. The summed E-state index contributed by atoms with van der Waals surface area (Å²) in [5.74, 6) is 0.0921. The number of benzene rings is 1. The van der Waals surface area contributed by atoms with E-state index in [9.17, 15) is 4.79 Å². The van der Waals surface area contributed by atoms with Crippen molar-refractivity contribution in [3.63, 3.8) is 0 Å². The maximum absolute atomic E-state index is 12.7. The summed E-state index contributed by atoms with van der Waals surface area (Å²) in [6.45, 7) is 4.81. The lowest BCUT2D eigenvalue weighted by Crippen LogP contribution is -2.41. The molecule has 21 heavy (non-hydrogen) atoms. The molecule has 2 rings (SSSR count). The van der Waals surface area contributed by atoms with Gasteiger partial charge in [0.1, 0.15) is 0 Å². The summed E-state index contributed by atoms with van der Waals surface area (Å²) >= 11 is 9.39. The van der Waals surface area contributed by atoms with Crippen LogP contribution in [0.15, 0.2) is 22.7 Å². The van der Waals surface area contributed by atoms with Crippen molar-refractivity contribution in [2.45, 2.75) is 38.6 Å². The Morgan fingerprint density at radius 2 is 2.33 bits per heavy atom. The number of amides is 1. The summed E-state index contributed by atoms with van der Waals surface area (Å²) in [6.07, 6.45) is 4.48. The van der Waals surface area contributed by atoms with Gasteiger partial charge in [-0.05, 0) is 59.9 Å². The van der Waals surface area contributed by atoms with Crippen molar-refractivity contribution in [1.82, 2.24) is 10.2 Å². The van der Waals surface area contributed by atoms with E-state index in [0.717, 1.165) is 43.4 Å². The molecule has 0 aliphatic carbocycles. The van der Waals surface area contributed by atoms with Crippen LogP contribution in [0.4, 0.5) is 0 Å². The van der Waals surface area contributed by atoms with Crippen LogP contribution >= 0.6 is 27.5 Å². The van der Waals surface area contributed by atoms with Crippen LogP contribution < -0.4 is 5.32 Å². The van der Waals surface area contributed by atoms with Crippen LogP contribution in [0.5, 0.6) is 0 Å². The molecule has 1 atom stereocenters. The highest BCUT2D eigenvalue weighted by Gasteiger charge is 2.22. The first kappa shape index (κ1) is 16.8. The largest absolute Gasteiger partial charge is 0.337 e. The molecule has 1 aliphatic rings. The molecule has 116 valence electrons. The summed E-state index contributed by atoms with van der Waals surface area (Å²) < 4.78 is 0.768. The molecule has 1 aromatic rings. The van der Waals surface area contributed by atoms with Gasteiger partial charge in [0, 0.05) is 29.2 Å². The van der Waals surface area contributed by atoms with Gasteiger partial charge in [0.15, 0.2) is 0 Å². The van der Waals surface area contributed by atoms with Gasteiger partial charge in [-0.2, -0.15) is 0 Å². The molecule has 1 amide bonds. The number of nitrogens with zero attached hydrogens (tertiary/aromatic N) is 1. The second-order valence-corrected chi connectivity index (χ2v) is 6.79. The van der Waals surface area contributed by atoms with Crippen molar-refractivity contribution in [1.29, 1.82) is 0 Å². The summed E-state index contributed by atoms with van der Waals surface area (Å²) in [6, 6.07) is 5.81. The molecule has 0 aromatic heterocycles. The van der Waals surface area contributed by atoms with E-state index in [1.807, 2.05) is 11.0 Å². The third kappa shape index (κ3) is 4.70. The molecular formula is C16H22BrClN2O. The number of halogens is 2. The molecule has 1 saturated heterocycles. The van der Waals surface area contributed by atoms with Crippen molar-refractivity contribution < 1.29 is 4.79 Å². The topological polar surface area (TPSA) is 32.3 Å². The molecule has 0 bridgehead atoms. The number of rotatable bonds is 6. The van der Waals surface area contributed by atoms with Crippen molar-refractivity contribution >= 4 is 33.4 Å². The molecule has 0 spiro atoms. The highest BCUT2D eigenvalue weighted by atomic mass is 79.9. The van der Waals surface area contributed by atoms with Gasteiger partial charge in [-0.25, -0.2) is 0 Å². The van der Waals surface area contributed by atoms with Gasteiger partial charge >= 0.3 is 0 Å². The molecule has 3 nitrogen and oxygen atoms in total. The van der Waals surface area contributed by atoms with Crippen LogP contribution in [0.2, 0.25) is 5.02 Å². The Labute approximate surface area is 140 Å². The minimum absolute atomic E-state index is 0.0921. The summed E-state index contributed by atoms with van der Waals surface area (Å²) in [7, 11) is 0. The Balaban J connectivity index is 2.09. The van der Waals surface area contributed by atoms with Crippen LogP contribution in [0.3, 0.4) is 0 Å². The second-order valence-electron chi connectivity index (χ2n) is 5.53. The van der Waals surface area contributed by atoms with E-state index in [1.54, 1.807) is 12.1 Å². The first-order valence-electron chi connectivity index (χ1n) is 7.59. The van der Waals surface area contributed by atoms with Gasteiger partial charge in [-0.15, -0.1) is 0 Å². The fraction of sp³-hybridized carbons (Fsp3) is 0.562. The predicted molar refractivity (Wildman–Crippen MR) is 91.0 cm³/mol. The zero-order chi connectivity index (χ0) is 15.2. The Morgan fingerprint density at radius 1 is 1.52 bits per heavy atom. The fourth-order valence-electron chi connectivity index (χ4n) is 2.62. The van der Waals surface area contributed by atoms with E-state index in [0.29, 0.717) is 16.6 Å². The van der Waals surface area contributed by atoms with E-state index >= 15 is 0 Å². The molecule has 1 heterocycles. The van der Waals surface area contributed by atoms with E-state index in [1.165, 1.54) is 6.42 Å². The maximum atomic E-state index is 12.7. The Hall–Kier alpha value is -0.580. The Bertz CT molecular complexity index is 489. The zero-order valence-corrected chi connectivity index (χ0v) is 14.7. The van der Waals surface area contributed by atoms with Gasteiger partial charge in [0.2, 0.25) is 0 Å². The number of hydrogen-bond donors (Lipinski definition) is 1. The van der Waals surface area contributed by atoms with Gasteiger partial charge in [-0.3, -0.25) is 4.79 Å². The minimum Gasteiger partial charge on any atom is -0.337 e. The molecule has 1 aromatic carbocycles. The van der Waals surface area contributed by atoms with Crippen LogP contribution in [-0.4, -0.2) is 36.5 Å². The molecular weight excluding hydrogens is 352 g/mol. The lowest BCUT2D eigenvalue weighted by molar-refractivity contribution is 0.0739. The Kier molecular flexibility index (Phi) is 6.52. The van der Waals surface area contributed by atoms with E-state index in [2.05, 4.69) is 28.2 Å². The molecule has 1 aliphatic heterocycles. The van der Waals surface area contributed by atoms with Crippen LogP contribution in [0.25, 0.3) is 0 Å². The summed E-state index contributed by atoms with van der Waals surface area (Å²) in [5, 5.41) is 4.09. The monoisotopic (exact) mass is 372 g/mol. The van der Waals surface area contributed by atoms with E-state index in [-0.39, 0.29) is 5.91 Å². The fourth-order valence-corrected chi connectivity index (χ4v) is 3.11. The molecule has 1 unspecified atom stereocenters. The highest BCUT2D eigenvalue weighted by molar-refractivity contribution is 9.10. The SMILES string of the molecule is CCCCN(CC1CCCN1)C(=O)c1ccc(Cl)c(Br)c1. The van der Waals surface area contributed by atoms with Gasteiger partial charge < -0.3 is 10.2 Å². The normalized spacial score (nSPS) is 18.0. The summed E-state index contributed by atoms with van der Waals surface area (Å²) in [4.78, 5) is 14.7. The number of carbonyl (C=O) groups excluding carboxylic acids is 1. The van der Waals surface area contributed by atoms with Crippen LogP contribution in [0.1, 0.15) is 43.0 Å². The van der Waals surface area contributed by atoms with Crippen molar-refractivity contribution in [2.75, 3.05) is 19.6 Å². The standard InChI is InChI=1S/C16H22BrClN2O/c1-2-3-9-20(11-13-5-4-8-19-13)16(21)12-6-7-15(18)14(17)10-12/h6-7,10,13,19H,2-5,8-9,11H2,1H3. The maximum Gasteiger partial charge on any atom is 0.253 e. The number of carbonyl (C=O) groups is 1. The predicted octanol–water partition coefficient (Wildman–Crippen LogP) is 4.10. The lowest BCUT2D eigenvalue weighted by Gasteiger charge is -2.26. The molecule has 0 radical (unpaired) electrons. The molecule has 0 saturated carbocycles. The van der Waals surface area contributed by atoms with E-state index < -0.39 is 0 Å². The quantitative estimate of drug-likeness (QED) is 0.814. The third-order valence-electron chi connectivity index (χ3n) is 3.84. The van der Waals surface area contributed by atoms with Crippen LogP contribution in [-0.2, 0) is 0 Å². The third-order valence-corrected chi connectivity index (χ3v) is 5.05. The second kappa shape index (κ2) is 8.16. The van der Waals surface area contributed by atoms with Crippen molar-refractivity contribution in [2.24, 2.45) is 0 Å². The first-order valence-corrected chi connectivity index (χ1v) is 8.76. The smallest absolute Gasteiger partial charge is 0.253 e. The zero-order valence-electron chi connectivity index (χ0n) is 12.4. The number of hydrogen-bond acceptors (Lipinski definition) is 2. The van der Waals surface area contributed by atoms with Crippen molar-refractivity contribution in [3.05, 3.63) is 33.3 Å². The van der Waals surface area contributed by atoms with Crippen molar-refractivity contribution in [3.8, 4) is 0 Å². The average Bonchev–Trinajstić information content (AvgIpc) is 2.98. The Morgan fingerprint density at radius 3 is 2.95 bits per heavy atom. The number of nitrogens with one attached hydrogen (secondary N) is 1. The van der Waals surface area contributed by atoms with Gasteiger partial charge in [0.25, 0.3) is 5.91 Å². The highest BCUT2D eigenvalue weighted by Crippen LogP contribution is 2.24. The van der Waals surface area contributed by atoms with Crippen LogP contribution in [0, 0.1) is 0 Å². The average molecular weight is 374 g/mol. The molecule has 5 heteroatoms. The minimum atomic E-state index is 0.0921. The summed E-state index contributed by atoms with van der Waals surface area (Å²) in [5.41, 5.74) is 0.695. The van der Waals surface area contributed by atoms with E-state index in [4.69, 9.17) is 11.6 Å². The van der Waals surface area contributed by atoms with Gasteiger partial charge in [0.05, 0.1) is 5.02 Å². The van der Waals surface area contributed by atoms with Gasteiger partial charge in [-0.1, -0.05) is 24.9 Å². The molecule has 1 N–H and O–H groups in total. The molecule has 1 fully saturated rings. The lowest BCUT2D eigenvalue weighted by atomic mass is 10.1.